The molecule has 0 aliphatic heterocycles. The first-order chi connectivity index (χ1) is 17.1. The summed E-state index contributed by atoms with van der Waals surface area (Å²) in [5, 5.41) is 17.0. The summed E-state index contributed by atoms with van der Waals surface area (Å²) in [4.78, 5) is 25.4. The molecule has 5 aromatic rings. The van der Waals surface area contributed by atoms with Crippen molar-refractivity contribution in [3.05, 3.63) is 100 Å². The van der Waals surface area contributed by atoms with Crippen LogP contribution in [0.4, 0.5) is 5.69 Å². The fourth-order valence-electron chi connectivity index (χ4n) is 3.65. The maximum Gasteiger partial charge on any atom is 0.277 e. The number of amides is 1. The van der Waals surface area contributed by atoms with Gasteiger partial charge in [0.05, 0.1) is 17.7 Å². The van der Waals surface area contributed by atoms with Gasteiger partial charge in [-0.05, 0) is 30.2 Å². The van der Waals surface area contributed by atoms with Crippen molar-refractivity contribution < 1.29 is 9.21 Å². The molecule has 0 aliphatic rings. The number of aryl methyl sites for hydroxylation is 1. The van der Waals surface area contributed by atoms with Crippen molar-refractivity contribution in [3.8, 4) is 11.6 Å². The second-order valence-corrected chi connectivity index (χ2v) is 8.79. The lowest BCUT2D eigenvalue weighted by molar-refractivity contribution is -0.113. The predicted octanol–water partition coefficient (Wildman–Crippen LogP) is 4.53. The number of fused-ring (bicyclic) bond motifs is 1. The minimum Gasteiger partial charge on any atom is -0.409 e. The summed E-state index contributed by atoms with van der Waals surface area (Å²) in [6.07, 6.45) is 0. The number of aromatic nitrogens is 4. The normalized spacial score (nSPS) is 11.0. The van der Waals surface area contributed by atoms with E-state index >= 15 is 0 Å². The molecule has 174 valence electrons. The average Bonchev–Trinajstić information content (AvgIpc) is 3.35. The number of benzene rings is 3. The van der Waals surface area contributed by atoms with E-state index in [-0.39, 0.29) is 28.3 Å². The minimum absolute atomic E-state index is 0.109. The molecule has 35 heavy (non-hydrogen) atoms. The summed E-state index contributed by atoms with van der Waals surface area (Å²) in [5.41, 5.74) is 2.91. The van der Waals surface area contributed by atoms with Crippen LogP contribution < -0.4 is 10.9 Å². The topological polar surface area (TPSA) is 103 Å². The van der Waals surface area contributed by atoms with Gasteiger partial charge in [-0.15, -0.1) is 10.2 Å². The van der Waals surface area contributed by atoms with E-state index in [2.05, 4.69) is 20.6 Å². The second kappa shape index (κ2) is 9.94. The van der Waals surface area contributed by atoms with Gasteiger partial charge in [0.1, 0.15) is 0 Å². The zero-order chi connectivity index (χ0) is 24.2. The van der Waals surface area contributed by atoms with Crippen molar-refractivity contribution in [1.29, 1.82) is 0 Å². The molecule has 2 aromatic heterocycles. The van der Waals surface area contributed by atoms with E-state index in [4.69, 9.17) is 4.42 Å². The van der Waals surface area contributed by atoms with Gasteiger partial charge in [-0.3, -0.25) is 9.59 Å². The minimum atomic E-state index is -0.199. The molecule has 0 saturated carbocycles. The molecule has 0 fully saturated rings. The van der Waals surface area contributed by atoms with Gasteiger partial charge in [0.15, 0.2) is 5.69 Å². The van der Waals surface area contributed by atoms with Gasteiger partial charge in [-0.2, -0.15) is 5.10 Å². The first kappa shape index (κ1) is 22.5. The quantitative estimate of drug-likeness (QED) is 0.339. The smallest absolute Gasteiger partial charge is 0.277 e. The molecule has 2 heterocycles. The Hall–Kier alpha value is -4.24. The Bertz CT molecular complexity index is 1560. The zero-order valence-corrected chi connectivity index (χ0v) is 19.7. The maximum atomic E-state index is 13.1. The SMILES string of the molecule is Cc1ccccc1NC(=O)CSc1nnc(-c2nn(Cc3ccccc3)c(=O)c3ccccc23)o1. The van der Waals surface area contributed by atoms with Crippen LogP contribution in [0.3, 0.4) is 0 Å². The van der Waals surface area contributed by atoms with E-state index in [0.717, 1.165) is 28.6 Å². The fourth-order valence-corrected chi connectivity index (χ4v) is 4.21. The number of hydrogen-bond acceptors (Lipinski definition) is 7. The summed E-state index contributed by atoms with van der Waals surface area (Å²) in [7, 11) is 0. The Labute approximate surface area is 205 Å². The van der Waals surface area contributed by atoms with E-state index in [1.807, 2.05) is 73.7 Å². The van der Waals surface area contributed by atoms with Crippen LogP contribution in [0.2, 0.25) is 0 Å². The summed E-state index contributed by atoms with van der Waals surface area (Å²) in [6.45, 7) is 2.24. The summed E-state index contributed by atoms with van der Waals surface area (Å²) >= 11 is 1.14. The van der Waals surface area contributed by atoms with Gasteiger partial charge in [-0.1, -0.05) is 78.5 Å². The summed E-state index contributed by atoms with van der Waals surface area (Å²) < 4.78 is 7.23. The monoisotopic (exact) mass is 483 g/mol. The van der Waals surface area contributed by atoms with E-state index < -0.39 is 0 Å². The first-order valence-electron chi connectivity index (χ1n) is 10.9. The molecule has 1 N–H and O–H groups in total. The lowest BCUT2D eigenvalue weighted by Crippen LogP contribution is -2.24. The third-order valence-electron chi connectivity index (χ3n) is 5.40. The fraction of sp³-hybridized carbons (Fsp3) is 0.115. The number of thioether (sulfide) groups is 1. The van der Waals surface area contributed by atoms with E-state index in [1.165, 1.54) is 4.68 Å². The molecular weight excluding hydrogens is 462 g/mol. The van der Waals surface area contributed by atoms with Crippen LogP contribution in [0, 0.1) is 6.92 Å². The largest absolute Gasteiger partial charge is 0.409 e. The first-order valence-corrected chi connectivity index (χ1v) is 11.9. The number of nitrogens with one attached hydrogen (secondary N) is 1. The highest BCUT2D eigenvalue weighted by molar-refractivity contribution is 7.99. The molecule has 9 heteroatoms. The van der Waals surface area contributed by atoms with Crippen LogP contribution in [0.1, 0.15) is 11.1 Å². The number of carbonyl (C=O) groups excluding carboxylic acids is 1. The molecule has 1 amide bonds. The molecule has 0 unspecified atom stereocenters. The maximum absolute atomic E-state index is 13.1. The zero-order valence-electron chi connectivity index (χ0n) is 18.8. The Morgan fingerprint density at radius 3 is 2.46 bits per heavy atom. The second-order valence-electron chi connectivity index (χ2n) is 7.87. The van der Waals surface area contributed by atoms with E-state index in [1.54, 1.807) is 12.1 Å². The van der Waals surface area contributed by atoms with Crippen LogP contribution in [0.5, 0.6) is 0 Å². The van der Waals surface area contributed by atoms with Crippen LogP contribution in [0.25, 0.3) is 22.4 Å². The Balaban J connectivity index is 1.39. The number of carbonyl (C=O) groups is 1. The number of rotatable bonds is 7. The van der Waals surface area contributed by atoms with Crippen LogP contribution in [-0.4, -0.2) is 31.6 Å². The highest BCUT2D eigenvalue weighted by atomic mass is 32.2. The lowest BCUT2D eigenvalue weighted by Gasteiger charge is -2.09. The molecule has 0 bridgehead atoms. The highest BCUT2D eigenvalue weighted by Crippen LogP contribution is 2.27. The van der Waals surface area contributed by atoms with Crippen LogP contribution in [-0.2, 0) is 11.3 Å². The van der Waals surface area contributed by atoms with E-state index in [9.17, 15) is 9.59 Å². The molecule has 5 rings (SSSR count). The van der Waals surface area contributed by atoms with Crippen molar-refractivity contribution in [3.63, 3.8) is 0 Å². The number of anilines is 1. The molecule has 0 aliphatic carbocycles. The summed E-state index contributed by atoms with van der Waals surface area (Å²) in [5.74, 6) is 0.117. The molecule has 0 saturated heterocycles. The third kappa shape index (κ3) is 4.99. The average molecular weight is 484 g/mol. The number of nitrogens with zero attached hydrogens (tertiary/aromatic N) is 4. The van der Waals surface area contributed by atoms with Crippen LogP contribution >= 0.6 is 11.8 Å². The predicted molar refractivity (Wildman–Crippen MR) is 135 cm³/mol. The van der Waals surface area contributed by atoms with Gasteiger partial charge < -0.3 is 9.73 Å². The number of hydrogen-bond donors (Lipinski definition) is 1. The lowest BCUT2D eigenvalue weighted by atomic mass is 10.1. The van der Waals surface area contributed by atoms with Crippen molar-refractivity contribution in [1.82, 2.24) is 20.0 Å². The Morgan fingerprint density at radius 1 is 0.943 bits per heavy atom. The van der Waals surface area contributed by atoms with Crippen molar-refractivity contribution in [2.45, 2.75) is 18.7 Å². The third-order valence-corrected chi connectivity index (χ3v) is 6.22. The molecule has 0 spiro atoms. The van der Waals surface area contributed by atoms with Gasteiger partial charge in [0, 0.05) is 11.1 Å². The molecule has 0 atom stereocenters. The van der Waals surface area contributed by atoms with Gasteiger partial charge in [0.2, 0.25) is 5.91 Å². The molecule has 0 radical (unpaired) electrons. The molecule has 8 nitrogen and oxygen atoms in total. The van der Waals surface area contributed by atoms with Crippen molar-refractivity contribution in [2.75, 3.05) is 11.1 Å². The van der Waals surface area contributed by atoms with Crippen molar-refractivity contribution in [2.24, 2.45) is 0 Å². The summed E-state index contributed by atoms with van der Waals surface area (Å²) in [6, 6.07) is 24.4. The standard InChI is InChI=1S/C26H21N5O3S/c1-17-9-5-8-14-21(17)27-22(32)16-35-26-29-28-24(34-26)23-19-12-6-7-13-20(19)25(33)31(30-23)15-18-10-3-2-4-11-18/h2-14H,15-16H2,1H3,(H,27,32). The van der Waals surface area contributed by atoms with Gasteiger partial charge in [0.25, 0.3) is 16.7 Å². The van der Waals surface area contributed by atoms with Gasteiger partial charge in [-0.25, -0.2) is 4.68 Å². The van der Waals surface area contributed by atoms with Crippen LogP contribution in [0.15, 0.2) is 93.3 Å². The van der Waals surface area contributed by atoms with Crippen molar-refractivity contribution >= 4 is 34.1 Å². The molecular formula is C26H21N5O3S. The highest BCUT2D eigenvalue weighted by Gasteiger charge is 2.18. The molecule has 3 aromatic carbocycles. The van der Waals surface area contributed by atoms with E-state index in [0.29, 0.717) is 23.0 Å². The van der Waals surface area contributed by atoms with Gasteiger partial charge >= 0.3 is 0 Å². The number of para-hydroxylation sites is 1. The Morgan fingerprint density at radius 2 is 1.66 bits per heavy atom. The Kier molecular flexibility index (Phi) is 6.40.